The third kappa shape index (κ3) is 2.29. The van der Waals surface area contributed by atoms with E-state index in [1.54, 1.807) is 12.1 Å². The number of nitrogens with two attached hydrogens (primary N) is 1. The Bertz CT molecular complexity index is 529. The summed E-state index contributed by atoms with van der Waals surface area (Å²) in [5.41, 5.74) is 8.20. The molecule has 0 saturated heterocycles. The van der Waals surface area contributed by atoms with E-state index >= 15 is 0 Å². The topological polar surface area (TPSA) is 26.0 Å². The predicted octanol–water partition coefficient (Wildman–Crippen LogP) is 3.61. The molecule has 18 heavy (non-hydrogen) atoms. The van der Waals surface area contributed by atoms with E-state index in [9.17, 15) is 4.39 Å². The first-order valence-corrected chi connectivity index (χ1v) is 6.19. The molecule has 94 valence electrons. The van der Waals surface area contributed by atoms with E-state index in [1.165, 1.54) is 11.6 Å². The van der Waals surface area contributed by atoms with Crippen LogP contribution >= 0.6 is 0 Å². The number of benzene rings is 2. The zero-order valence-corrected chi connectivity index (χ0v) is 10.8. The molecule has 1 atom stereocenters. The molecule has 2 aromatic rings. The van der Waals surface area contributed by atoms with Gasteiger partial charge in [0.05, 0.1) is 5.54 Å². The second-order valence-corrected chi connectivity index (χ2v) is 4.73. The lowest BCUT2D eigenvalue weighted by molar-refractivity contribution is 0.531. The van der Waals surface area contributed by atoms with Crippen LogP contribution in [0.1, 0.15) is 30.5 Å². The zero-order valence-electron chi connectivity index (χ0n) is 10.8. The molecule has 0 saturated carbocycles. The second kappa shape index (κ2) is 4.91. The molecular weight excluding hydrogens is 225 g/mol. The Morgan fingerprint density at radius 2 is 1.67 bits per heavy atom. The number of halogens is 1. The molecule has 2 aromatic carbocycles. The van der Waals surface area contributed by atoms with Crippen LogP contribution in [0.3, 0.4) is 0 Å². The van der Waals surface area contributed by atoms with E-state index in [2.05, 4.69) is 6.92 Å². The molecule has 1 nitrogen and oxygen atoms in total. The molecule has 0 radical (unpaired) electrons. The first-order chi connectivity index (χ1) is 8.55. The highest BCUT2D eigenvalue weighted by Crippen LogP contribution is 2.28. The highest BCUT2D eigenvalue weighted by molar-refractivity contribution is 5.38. The van der Waals surface area contributed by atoms with Gasteiger partial charge in [-0.3, -0.25) is 0 Å². The maximum atomic E-state index is 13.8. The fourth-order valence-corrected chi connectivity index (χ4v) is 2.12. The van der Waals surface area contributed by atoms with Gasteiger partial charge in [0.15, 0.2) is 0 Å². The van der Waals surface area contributed by atoms with Gasteiger partial charge in [-0.15, -0.1) is 0 Å². The molecule has 2 rings (SSSR count). The van der Waals surface area contributed by atoms with Gasteiger partial charge in [0.1, 0.15) is 5.82 Å². The molecule has 0 heterocycles. The van der Waals surface area contributed by atoms with Crippen molar-refractivity contribution in [1.29, 1.82) is 0 Å². The maximum absolute atomic E-state index is 13.8. The lowest BCUT2D eigenvalue weighted by Crippen LogP contribution is -2.35. The maximum Gasteiger partial charge on any atom is 0.128 e. The van der Waals surface area contributed by atoms with E-state index in [0.717, 1.165) is 12.0 Å². The van der Waals surface area contributed by atoms with Crippen LogP contribution in [-0.2, 0) is 12.0 Å². The number of hydrogen-bond acceptors (Lipinski definition) is 1. The Balaban J connectivity index is 2.44. The van der Waals surface area contributed by atoms with Crippen LogP contribution in [0, 0.1) is 5.82 Å². The standard InChI is InChI=1S/C16H18FN/c1-3-12-8-10-13(11-9-12)16(2,18)14-6-4-5-7-15(14)17/h4-11H,3,18H2,1-2H3. The van der Waals surface area contributed by atoms with Gasteiger partial charge in [-0.05, 0) is 30.5 Å². The Morgan fingerprint density at radius 3 is 2.22 bits per heavy atom. The third-order valence-electron chi connectivity index (χ3n) is 3.40. The predicted molar refractivity (Wildman–Crippen MR) is 72.9 cm³/mol. The molecule has 0 aliphatic rings. The van der Waals surface area contributed by atoms with Crippen molar-refractivity contribution in [3.8, 4) is 0 Å². The van der Waals surface area contributed by atoms with Gasteiger partial charge in [-0.1, -0.05) is 49.4 Å². The minimum absolute atomic E-state index is 0.262. The molecule has 1 unspecified atom stereocenters. The molecule has 0 spiro atoms. The third-order valence-corrected chi connectivity index (χ3v) is 3.40. The van der Waals surface area contributed by atoms with Crippen molar-refractivity contribution < 1.29 is 4.39 Å². The Morgan fingerprint density at radius 1 is 1.06 bits per heavy atom. The minimum atomic E-state index is -0.808. The summed E-state index contributed by atoms with van der Waals surface area (Å²) in [6.45, 7) is 3.94. The van der Waals surface area contributed by atoms with Crippen molar-refractivity contribution >= 4 is 0 Å². The average molecular weight is 243 g/mol. The Labute approximate surface area is 107 Å². The fraction of sp³-hybridized carbons (Fsp3) is 0.250. The summed E-state index contributed by atoms with van der Waals surface area (Å²) in [6.07, 6.45) is 0.987. The molecule has 0 amide bonds. The second-order valence-electron chi connectivity index (χ2n) is 4.73. The van der Waals surface area contributed by atoms with Crippen LogP contribution in [0.15, 0.2) is 48.5 Å². The van der Waals surface area contributed by atoms with Gasteiger partial charge < -0.3 is 5.73 Å². The van der Waals surface area contributed by atoms with Crippen LogP contribution in [0.25, 0.3) is 0 Å². The first-order valence-electron chi connectivity index (χ1n) is 6.19. The van der Waals surface area contributed by atoms with Crippen molar-refractivity contribution in [2.75, 3.05) is 0 Å². The van der Waals surface area contributed by atoms with Gasteiger partial charge in [-0.25, -0.2) is 4.39 Å². The van der Waals surface area contributed by atoms with Crippen LogP contribution < -0.4 is 5.73 Å². The van der Waals surface area contributed by atoms with Crippen LogP contribution in [0.2, 0.25) is 0 Å². The fourth-order valence-electron chi connectivity index (χ4n) is 2.12. The number of hydrogen-bond donors (Lipinski definition) is 1. The van der Waals surface area contributed by atoms with Gasteiger partial charge >= 0.3 is 0 Å². The van der Waals surface area contributed by atoms with Crippen molar-refractivity contribution in [1.82, 2.24) is 0 Å². The lowest BCUT2D eigenvalue weighted by atomic mass is 9.85. The van der Waals surface area contributed by atoms with Crippen LogP contribution in [0.4, 0.5) is 4.39 Å². The molecule has 0 bridgehead atoms. The summed E-state index contributed by atoms with van der Waals surface area (Å²) in [5, 5.41) is 0. The summed E-state index contributed by atoms with van der Waals surface area (Å²) in [4.78, 5) is 0. The molecule has 2 N–H and O–H groups in total. The van der Waals surface area contributed by atoms with Gasteiger partial charge in [0.2, 0.25) is 0 Å². The van der Waals surface area contributed by atoms with Gasteiger partial charge in [-0.2, -0.15) is 0 Å². The number of rotatable bonds is 3. The quantitative estimate of drug-likeness (QED) is 0.875. The highest BCUT2D eigenvalue weighted by atomic mass is 19.1. The van der Waals surface area contributed by atoms with Crippen molar-refractivity contribution in [3.63, 3.8) is 0 Å². The monoisotopic (exact) mass is 243 g/mol. The molecule has 0 aliphatic heterocycles. The zero-order chi connectivity index (χ0) is 13.2. The summed E-state index contributed by atoms with van der Waals surface area (Å²) < 4.78 is 13.8. The van der Waals surface area contributed by atoms with Crippen molar-refractivity contribution in [2.45, 2.75) is 25.8 Å². The molecule has 0 aliphatic carbocycles. The van der Waals surface area contributed by atoms with Crippen LogP contribution in [0.5, 0.6) is 0 Å². The SMILES string of the molecule is CCc1ccc(C(C)(N)c2ccccc2F)cc1. The molecule has 0 aromatic heterocycles. The summed E-state index contributed by atoms with van der Waals surface area (Å²) in [6, 6.07) is 14.7. The van der Waals surface area contributed by atoms with Crippen molar-refractivity contribution in [3.05, 3.63) is 71.0 Å². The van der Waals surface area contributed by atoms with Gasteiger partial charge in [0.25, 0.3) is 0 Å². The molecule has 0 fully saturated rings. The average Bonchev–Trinajstić information content (AvgIpc) is 2.39. The Kier molecular flexibility index (Phi) is 3.48. The van der Waals surface area contributed by atoms with Gasteiger partial charge in [0, 0.05) is 5.56 Å². The Hall–Kier alpha value is -1.67. The summed E-state index contributed by atoms with van der Waals surface area (Å²) in [7, 11) is 0. The smallest absolute Gasteiger partial charge is 0.128 e. The van der Waals surface area contributed by atoms with E-state index in [0.29, 0.717) is 5.56 Å². The van der Waals surface area contributed by atoms with E-state index in [4.69, 9.17) is 5.73 Å². The van der Waals surface area contributed by atoms with Crippen LogP contribution in [-0.4, -0.2) is 0 Å². The first kappa shape index (κ1) is 12.8. The lowest BCUT2D eigenvalue weighted by Gasteiger charge is -2.26. The van der Waals surface area contributed by atoms with E-state index < -0.39 is 5.54 Å². The molecular formula is C16H18FN. The van der Waals surface area contributed by atoms with E-state index in [1.807, 2.05) is 37.3 Å². The normalized spacial score (nSPS) is 14.2. The summed E-state index contributed by atoms with van der Waals surface area (Å²) >= 11 is 0. The minimum Gasteiger partial charge on any atom is -0.318 e. The van der Waals surface area contributed by atoms with Crippen molar-refractivity contribution in [2.24, 2.45) is 5.73 Å². The summed E-state index contributed by atoms with van der Waals surface area (Å²) in [5.74, 6) is -0.262. The number of aryl methyl sites for hydroxylation is 1. The van der Waals surface area contributed by atoms with E-state index in [-0.39, 0.29) is 5.82 Å². The largest absolute Gasteiger partial charge is 0.318 e. The highest BCUT2D eigenvalue weighted by Gasteiger charge is 2.26. The molecule has 2 heteroatoms.